The standard InChI is InChI=1S/C16H17Br/c1-11-7-8-15(9-12(11)2)13(3)14-5-4-6-16(17)10-14/h4-10,13H,1-3H3. The molecule has 2 aromatic carbocycles. The van der Waals surface area contributed by atoms with Crippen LogP contribution >= 0.6 is 15.9 Å². The maximum atomic E-state index is 3.53. The molecule has 0 heterocycles. The smallest absolute Gasteiger partial charge is 0.0178 e. The third-order valence-corrected chi connectivity index (χ3v) is 3.87. The van der Waals surface area contributed by atoms with Gasteiger partial charge in [-0.15, -0.1) is 0 Å². The Kier molecular flexibility index (Phi) is 3.68. The summed E-state index contributed by atoms with van der Waals surface area (Å²) in [5.74, 6) is 0.437. The molecule has 0 radical (unpaired) electrons. The van der Waals surface area contributed by atoms with E-state index in [2.05, 4.69) is 79.2 Å². The SMILES string of the molecule is Cc1ccc(C(C)c2cccc(Br)c2)cc1C. The van der Waals surface area contributed by atoms with Crippen molar-refractivity contribution in [2.24, 2.45) is 0 Å². The van der Waals surface area contributed by atoms with Crippen LogP contribution in [-0.2, 0) is 0 Å². The topological polar surface area (TPSA) is 0 Å². The molecule has 88 valence electrons. The second-order valence-electron chi connectivity index (χ2n) is 4.62. The minimum absolute atomic E-state index is 0.437. The van der Waals surface area contributed by atoms with E-state index in [1.165, 1.54) is 22.3 Å². The minimum atomic E-state index is 0.437. The first-order valence-electron chi connectivity index (χ1n) is 5.90. The highest BCUT2D eigenvalue weighted by molar-refractivity contribution is 9.10. The Labute approximate surface area is 112 Å². The lowest BCUT2D eigenvalue weighted by Crippen LogP contribution is -1.97. The third-order valence-electron chi connectivity index (χ3n) is 3.38. The molecule has 0 N–H and O–H groups in total. The Morgan fingerprint density at radius 2 is 1.59 bits per heavy atom. The molecule has 2 aromatic rings. The van der Waals surface area contributed by atoms with E-state index in [4.69, 9.17) is 0 Å². The van der Waals surface area contributed by atoms with Gasteiger partial charge < -0.3 is 0 Å². The number of rotatable bonds is 2. The lowest BCUT2D eigenvalue weighted by atomic mass is 9.91. The summed E-state index contributed by atoms with van der Waals surface area (Å²) in [7, 11) is 0. The highest BCUT2D eigenvalue weighted by Crippen LogP contribution is 2.27. The normalized spacial score (nSPS) is 12.5. The van der Waals surface area contributed by atoms with Gasteiger partial charge in [0.1, 0.15) is 0 Å². The summed E-state index contributed by atoms with van der Waals surface area (Å²) >= 11 is 3.53. The predicted molar refractivity (Wildman–Crippen MR) is 77.6 cm³/mol. The molecule has 17 heavy (non-hydrogen) atoms. The predicted octanol–water partition coefficient (Wildman–Crippen LogP) is 5.22. The average Bonchev–Trinajstić information content (AvgIpc) is 2.32. The van der Waals surface area contributed by atoms with E-state index in [0.29, 0.717) is 5.92 Å². The monoisotopic (exact) mass is 288 g/mol. The number of hydrogen-bond acceptors (Lipinski definition) is 0. The fourth-order valence-electron chi connectivity index (χ4n) is 2.00. The van der Waals surface area contributed by atoms with Gasteiger partial charge in [0, 0.05) is 10.4 Å². The highest BCUT2D eigenvalue weighted by atomic mass is 79.9. The summed E-state index contributed by atoms with van der Waals surface area (Å²) in [6, 6.07) is 15.3. The summed E-state index contributed by atoms with van der Waals surface area (Å²) in [6.45, 7) is 6.58. The zero-order valence-electron chi connectivity index (χ0n) is 10.5. The first-order valence-corrected chi connectivity index (χ1v) is 6.70. The molecule has 0 aliphatic carbocycles. The summed E-state index contributed by atoms with van der Waals surface area (Å²) in [5.41, 5.74) is 5.45. The van der Waals surface area contributed by atoms with Gasteiger partial charge in [-0.25, -0.2) is 0 Å². The van der Waals surface area contributed by atoms with Crippen molar-refractivity contribution < 1.29 is 0 Å². The molecule has 0 fully saturated rings. The van der Waals surface area contributed by atoms with Crippen LogP contribution in [0.2, 0.25) is 0 Å². The van der Waals surface area contributed by atoms with E-state index in [0.717, 1.165) is 4.47 Å². The van der Waals surface area contributed by atoms with Crippen molar-refractivity contribution in [2.45, 2.75) is 26.7 Å². The van der Waals surface area contributed by atoms with Gasteiger partial charge in [-0.2, -0.15) is 0 Å². The minimum Gasteiger partial charge on any atom is -0.0609 e. The Bertz CT molecular complexity index is 529. The van der Waals surface area contributed by atoms with Gasteiger partial charge in [0.25, 0.3) is 0 Å². The van der Waals surface area contributed by atoms with Gasteiger partial charge >= 0.3 is 0 Å². The molecule has 0 aromatic heterocycles. The molecular formula is C16H17Br. The molecular weight excluding hydrogens is 272 g/mol. The van der Waals surface area contributed by atoms with Gasteiger partial charge in [-0.1, -0.05) is 53.2 Å². The van der Waals surface area contributed by atoms with E-state index >= 15 is 0 Å². The fraction of sp³-hybridized carbons (Fsp3) is 0.250. The maximum Gasteiger partial charge on any atom is 0.0178 e. The van der Waals surface area contributed by atoms with Crippen molar-refractivity contribution in [1.82, 2.24) is 0 Å². The average molecular weight is 289 g/mol. The van der Waals surface area contributed by atoms with E-state index in [9.17, 15) is 0 Å². The molecule has 0 saturated heterocycles. The van der Waals surface area contributed by atoms with Crippen LogP contribution in [0.5, 0.6) is 0 Å². The molecule has 1 heteroatoms. The van der Waals surface area contributed by atoms with Crippen molar-refractivity contribution >= 4 is 15.9 Å². The van der Waals surface area contributed by atoms with Crippen molar-refractivity contribution in [1.29, 1.82) is 0 Å². The quantitative estimate of drug-likeness (QED) is 0.711. The molecule has 1 atom stereocenters. The van der Waals surface area contributed by atoms with E-state index in [1.54, 1.807) is 0 Å². The van der Waals surface area contributed by atoms with Crippen molar-refractivity contribution in [3.8, 4) is 0 Å². The summed E-state index contributed by atoms with van der Waals surface area (Å²) in [4.78, 5) is 0. The van der Waals surface area contributed by atoms with E-state index in [1.807, 2.05) is 0 Å². The molecule has 0 bridgehead atoms. The van der Waals surface area contributed by atoms with Crippen LogP contribution < -0.4 is 0 Å². The Morgan fingerprint density at radius 1 is 0.882 bits per heavy atom. The van der Waals surface area contributed by atoms with Gasteiger partial charge in [0.05, 0.1) is 0 Å². The van der Waals surface area contributed by atoms with Crippen LogP contribution in [0.3, 0.4) is 0 Å². The van der Waals surface area contributed by atoms with Crippen molar-refractivity contribution in [2.75, 3.05) is 0 Å². The van der Waals surface area contributed by atoms with Crippen LogP contribution in [0.1, 0.15) is 35.1 Å². The lowest BCUT2D eigenvalue weighted by molar-refractivity contribution is 0.917. The molecule has 0 aliphatic heterocycles. The van der Waals surface area contributed by atoms with Crippen molar-refractivity contribution in [3.63, 3.8) is 0 Å². The summed E-state index contributed by atoms with van der Waals surface area (Å²) < 4.78 is 1.14. The van der Waals surface area contributed by atoms with Gasteiger partial charge in [0.2, 0.25) is 0 Å². The van der Waals surface area contributed by atoms with Crippen LogP contribution in [0.25, 0.3) is 0 Å². The molecule has 0 nitrogen and oxygen atoms in total. The zero-order chi connectivity index (χ0) is 12.4. The second-order valence-corrected chi connectivity index (χ2v) is 5.54. The van der Waals surface area contributed by atoms with Crippen molar-refractivity contribution in [3.05, 3.63) is 69.2 Å². The molecule has 1 unspecified atom stereocenters. The molecule has 0 amide bonds. The molecule has 0 saturated carbocycles. The summed E-state index contributed by atoms with van der Waals surface area (Å²) in [5, 5.41) is 0. The fourth-order valence-corrected chi connectivity index (χ4v) is 2.42. The van der Waals surface area contributed by atoms with E-state index < -0.39 is 0 Å². The maximum absolute atomic E-state index is 3.53. The zero-order valence-corrected chi connectivity index (χ0v) is 12.1. The summed E-state index contributed by atoms with van der Waals surface area (Å²) in [6.07, 6.45) is 0. The van der Waals surface area contributed by atoms with Crippen LogP contribution in [0.4, 0.5) is 0 Å². The highest BCUT2D eigenvalue weighted by Gasteiger charge is 2.09. The Morgan fingerprint density at radius 3 is 2.24 bits per heavy atom. The van der Waals surface area contributed by atoms with Gasteiger partial charge in [-0.05, 0) is 48.2 Å². The Hall–Kier alpha value is -1.08. The number of benzene rings is 2. The first kappa shape index (κ1) is 12.4. The lowest BCUT2D eigenvalue weighted by Gasteiger charge is -2.14. The number of aryl methyl sites for hydroxylation is 2. The van der Waals surface area contributed by atoms with Crippen LogP contribution in [0.15, 0.2) is 46.9 Å². The number of halogens is 1. The Balaban J connectivity index is 2.36. The van der Waals surface area contributed by atoms with E-state index in [-0.39, 0.29) is 0 Å². The van der Waals surface area contributed by atoms with Gasteiger partial charge in [-0.3, -0.25) is 0 Å². The molecule has 0 aliphatic rings. The van der Waals surface area contributed by atoms with Crippen LogP contribution in [-0.4, -0.2) is 0 Å². The molecule has 0 spiro atoms. The largest absolute Gasteiger partial charge is 0.0609 e. The second kappa shape index (κ2) is 5.05. The number of hydrogen-bond donors (Lipinski definition) is 0. The third kappa shape index (κ3) is 2.78. The first-order chi connectivity index (χ1) is 8.08. The van der Waals surface area contributed by atoms with Crippen LogP contribution in [0, 0.1) is 13.8 Å². The molecule has 2 rings (SSSR count). The van der Waals surface area contributed by atoms with Gasteiger partial charge in [0.15, 0.2) is 0 Å².